The SMILES string of the molecule is C.C1CC2C3CCC(C3)C2C1.C1CC2C3CCC(C3)C2C1.C1CC2C3CCC(C3)C2C1.C=C(C)C(=O)OC.C=C(C)C(=O)OCCN=C=O.CCC(C)(C)C(=O)OC.CCC(C)(C)C(=O)OC.CCC(C)(C)C(=O)OCCN=C=O.CCC(C)(C)C(=O)OCCNC(=O)OC.COI. The molecule has 12 atom stereocenters. The minimum atomic E-state index is -0.527. The second kappa shape index (κ2) is 50.4. The van der Waals surface area contributed by atoms with Crippen LogP contribution < -0.4 is 5.32 Å². The number of ether oxygens (including phenoxy) is 7. The van der Waals surface area contributed by atoms with E-state index in [1.165, 1.54) is 112 Å². The highest BCUT2D eigenvalue weighted by atomic mass is 127. The number of carbonyl (C=O) groups is 7. The lowest BCUT2D eigenvalue weighted by molar-refractivity contribution is -0.154. The van der Waals surface area contributed by atoms with Crippen LogP contribution in [-0.2, 0) is 74.6 Å². The zero-order valence-corrected chi connectivity index (χ0v) is 65.5. The summed E-state index contributed by atoms with van der Waals surface area (Å²) < 4.78 is 36.4. The molecule has 0 saturated heterocycles. The van der Waals surface area contributed by atoms with Crippen molar-refractivity contribution in [3.05, 3.63) is 24.3 Å². The standard InChI is InChI=1S/C10H19NO4.3C10H16.C9H15NO3.C7H9NO3.2C7H14O2.C5H8O2.CH3IO.CH4/c1-5-10(2,3)8(12)15-7-6-11-9(13)14-4;3*1-2-9-7-4-5-8(6-7)10(9)3-1;1-4-9(2,3)8(12)13-6-5-10-7-11;1-6(2)7(10)11-4-3-8-5-9;2*1-5-7(2,3)6(8)9-4;1-4(2)5(6)7-3;1-3-2;/h5-7H2,1-4H3,(H,11,13);3*7-10H,1-6H2;4-6H2,1-3H3;1,3-4H2,2H3;2*5H2,1-4H3;1H2,2-3H3;1H3;1H4. The smallest absolute Gasteiger partial charge is 0.406 e. The molecule has 9 aliphatic rings. The van der Waals surface area contributed by atoms with Crippen molar-refractivity contribution < 1.29 is 79.4 Å². The lowest BCUT2D eigenvalue weighted by atomic mass is 9.82. The number of esters is 6. The van der Waals surface area contributed by atoms with Gasteiger partial charge in [-0.05, 0) is 262 Å². The molecule has 1 N–H and O–H groups in total. The van der Waals surface area contributed by atoms with Crippen LogP contribution in [0.2, 0.25) is 0 Å². The second-order valence-corrected chi connectivity index (χ2v) is 30.6. The molecule has 9 aliphatic carbocycles. The number of nitrogens with one attached hydrogen (secondary N) is 1. The van der Waals surface area contributed by atoms with Crippen LogP contribution in [0.15, 0.2) is 34.3 Å². The number of amides is 1. The van der Waals surface area contributed by atoms with Gasteiger partial charge < -0.3 is 41.5 Å². The number of isocyanates is 2. The van der Waals surface area contributed by atoms with Crippen LogP contribution >= 0.6 is 23.0 Å². The Hall–Kier alpha value is -4.98. The number of hydrogen-bond donors (Lipinski definition) is 1. The lowest BCUT2D eigenvalue weighted by Crippen LogP contribution is -2.31. The van der Waals surface area contributed by atoms with E-state index in [2.05, 4.69) is 55.2 Å². The van der Waals surface area contributed by atoms with Crippen LogP contribution in [0.25, 0.3) is 0 Å². The minimum absolute atomic E-state index is 0. The molecule has 0 radical (unpaired) electrons. The highest BCUT2D eigenvalue weighted by Gasteiger charge is 2.51. The van der Waals surface area contributed by atoms with Crippen LogP contribution in [0, 0.1) is 92.7 Å². The normalized spacial score (nSPS) is 24.3. The van der Waals surface area contributed by atoms with Crippen LogP contribution in [0.1, 0.15) is 246 Å². The molecule has 566 valence electrons. The molecule has 1 amide bonds. The van der Waals surface area contributed by atoms with Crippen molar-refractivity contribution in [3.8, 4) is 0 Å². The molecule has 0 aromatic heterocycles. The summed E-state index contributed by atoms with van der Waals surface area (Å²) in [6, 6.07) is 0. The molecule has 12 unspecified atom stereocenters. The highest BCUT2D eigenvalue weighted by Crippen LogP contribution is 2.60. The van der Waals surface area contributed by atoms with Gasteiger partial charge in [-0.3, -0.25) is 19.2 Å². The summed E-state index contributed by atoms with van der Waals surface area (Å²) in [7, 11) is 7.05. The fourth-order valence-electron chi connectivity index (χ4n) is 14.7. The van der Waals surface area contributed by atoms with Gasteiger partial charge in [0.2, 0.25) is 12.2 Å². The van der Waals surface area contributed by atoms with Crippen LogP contribution in [0.5, 0.6) is 0 Å². The van der Waals surface area contributed by atoms with Crippen LogP contribution in [0.3, 0.4) is 0 Å². The fourth-order valence-corrected chi connectivity index (χ4v) is 14.7. The van der Waals surface area contributed by atoms with Gasteiger partial charge in [0.25, 0.3) is 0 Å². The Balaban J connectivity index is 0. The summed E-state index contributed by atoms with van der Waals surface area (Å²) in [6.07, 6.45) is 33.9. The average molecular weight is 1500 g/mol. The Morgan fingerprint density at radius 3 is 0.908 bits per heavy atom. The number of rotatable bonds is 19. The third kappa shape index (κ3) is 34.1. The number of nitrogens with zero attached hydrogens (tertiary/aromatic N) is 2. The monoisotopic (exact) mass is 1500 g/mol. The summed E-state index contributed by atoms with van der Waals surface area (Å²) in [5.41, 5.74) is -0.776. The summed E-state index contributed by atoms with van der Waals surface area (Å²) in [5, 5.41) is 2.42. The zero-order chi connectivity index (χ0) is 74.1. The molecule has 98 heavy (non-hydrogen) atoms. The van der Waals surface area contributed by atoms with E-state index in [-0.39, 0.29) is 87.6 Å². The number of alkyl carbamates (subject to hydrolysis) is 1. The number of methoxy groups -OCH3 is 4. The van der Waals surface area contributed by atoms with Crippen LogP contribution in [0.4, 0.5) is 4.79 Å². The molecule has 0 aromatic carbocycles. The van der Waals surface area contributed by atoms with Gasteiger partial charge in [0.15, 0.2) is 0 Å². The number of carbonyl (C=O) groups excluding carboxylic acids is 9. The molecule has 9 saturated carbocycles. The van der Waals surface area contributed by atoms with Gasteiger partial charge in [-0.25, -0.2) is 34.0 Å². The Labute approximate surface area is 606 Å². The van der Waals surface area contributed by atoms with E-state index in [9.17, 15) is 43.2 Å². The predicted molar refractivity (Wildman–Crippen MR) is 394 cm³/mol. The molecule has 9 fully saturated rings. The van der Waals surface area contributed by atoms with Gasteiger partial charge in [-0.15, -0.1) is 0 Å². The molecule has 21 heteroatoms. The van der Waals surface area contributed by atoms with Gasteiger partial charge in [0, 0.05) is 18.3 Å². The van der Waals surface area contributed by atoms with Crippen molar-refractivity contribution in [2.75, 3.05) is 75.0 Å². The van der Waals surface area contributed by atoms with Gasteiger partial charge in [0.1, 0.15) is 42.8 Å². The number of aliphatic imine (C=N–C) groups is 2. The molecular formula is C77H134IN3O17. The van der Waals surface area contributed by atoms with E-state index in [0.29, 0.717) is 11.1 Å². The first kappa shape index (κ1) is 95.1. The van der Waals surface area contributed by atoms with Gasteiger partial charge in [0.05, 0.1) is 69.7 Å². The second-order valence-electron chi connectivity index (χ2n) is 29.7. The maximum atomic E-state index is 11.4. The Bertz CT molecular complexity index is 2320. The largest absolute Gasteiger partial charge is 0.469 e. The maximum Gasteiger partial charge on any atom is 0.406 e. The van der Waals surface area contributed by atoms with E-state index >= 15 is 0 Å². The van der Waals surface area contributed by atoms with Crippen molar-refractivity contribution >= 4 is 77.1 Å². The summed E-state index contributed by atoms with van der Waals surface area (Å²) in [5.74, 6) is 12.8. The van der Waals surface area contributed by atoms with E-state index in [1.807, 2.05) is 83.1 Å². The number of fused-ring (bicyclic) bond motifs is 15. The minimum Gasteiger partial charge on any atom is -0.469 e. The lowest BCUT2D eigenvalue weighted by Gasteiger charge is -2.23. The highest BCUT2D eigenvalue weighted by molar-refractivity contribution is 14.1. The molecule has 0 aromatic rings. The first-order valence-corrected chi connectivity index (χ1v) is 36.7. The summed E-state index contributed by atoms with van der Waals surface area (Å²) >= 11 is 1.79. The Morgan fingerprint density at radius 2 is 0.694 bits per heavy atom. The van der Waals surface area contributed by atoms with Gasteiger partial charge >= 0.3 is 41.9 Å². The topological polar surface area (TPSA) is 264 Å². The average Bonchev–Trinajstić information content (AvgIpc) is 1.64. The van der Waals surface area contributed by atoms with Crippen molar-refractivity contribution in [1.29, 1.82) is 0 Å². The first-order valence-electron chi connectivity index (χ1n) is 35.8. The molecule has 20 nitrogen and oxygen atoms in total. The van der Waals surface area contributed by atoms with Gasteiger partial charge in [-0.1, -0.05) is 67.5 Å². The van der Waals surface area contributed by atoms with E-state index in [0.717, 1.165) is 25.7 Å². The first-order chi connectivity index (χ1) is 45.7. The fraction of sp³-hybridized carbons (Fsp3) is 0.831. The van der Waals surface area contributed by atoms with Crippen molar-refractivity contribution in [2.24, 2.45) is 103 Å². The molecule has 0 spiro atoms. The Kier molecular flexibility index (Phi) is 48.9. The van der Waals surface area contributed by atoms with Crippen molar-refractivity contribution in [1.82, 2.24) is 5.32 Å². The zero-order valence-electron chi connectivity index (χ0n) is 63.4. The number of halogens is 1. The van der Waals surface area contributed by atoms with E-state index in [4.69, 9.17) is 9.47 Å². The van der Waals surface area contributed by atoms with E-state index < -0.39 is 22.9 Å². The number of hydrogen-bond acceptors (Lipinski definition) is 19. The predicted octanol–water partition coefficient (Wildman–Crippen LogP) is 17.1. The van der Waals surface area contributed by atoms with Crippen LogP contribution in [-0.4, -0.2) is 129 Å². The van der Waals surface area contributed by atoms with E-state index in [1.54, 1.807) is 160 Å². The van der Waals surface area contributed by atoms with Gasteiger partial charge in [-0.2, -0.15) is 0 Å². The molecule has 0 heterocycles. The summed E-state index contributed by atoms with van der Waals surface area (Å²) in [4.78, 5) is 102. The molecular weight excluding hydrogens is 1370 g/mol. The molecule has 6 bridgehead atoms. The summed E-state index contributed by atoms with van der Waals surface area (Å²) in [6.45, 7) is 33.5. The third-order valence-corrected chi connectivity index (χ3v) is 21.8. The molecule has 9 rings (SSSR count). The molecule has 0 aliphatic heterocycles. The third-order valence-electron chi connectivity index (χ3n) is 21.8. The van der Waals surface area contributed by atoms with Crippen molar-refractivity contribution in [2.45, 2.75) is 246 Å². The van der Waals surface area contributed by atoms with Crippen molar-refractivity contribution in [3.63, 3.8) is 0 Å². The quantitative estimate of drug-likeness (QED) is 0.0239. The maximum absolute atomic E-state index is 11.4. The Morgan fingerprint density at radius 1 is 0.429 bits per heavy atom.